The second kappa shape index (κ2) is 25.1. The number of methoxy groups -OCH3 is 2. The van der Waals surface area contributed by atoms with Crippen LogP contribution in [0.15, 0.2) is 54.7 Å². The molecule has 0 bridgehead atoms. The topological polar surface area (TPSA) is 181 Å². The number of amides is 4. The zero-order chi connectivity index (χ0) is 38.2. The van der Waals surface area contributed by atoms with Crippen molar-refractivity contribution in [2.24, 2.45) is 11.8 Å². The Balaban J connectivity index is 0.00000650. The van der Waals surface area contributed by atoms with Gasteiger partial charge in [0.25, 0.3) is 5.91 Å². The number of rotatable bonds is 12. The van der Waals surface area contributed by atoms with Crippen LogP contribution < -0.4 is 16.0 Å². The van der Waals surface area contributed by atoms with E-state index < -0.39 is 36.3 Å². The van der Waals surface area contributed by atoms with Crippen molar-refractivity contribution in [2.75, 3.05) is 20.8 Å². The summed E-state index contributed by atoms with van der Waals surface area (Å²) < 4.78 is 15.1. The molecule has 1 saturated heterocycles. The van der Waals surface area contributed by atoms with Crippen LogP contribution in [0, 0.1) is 11.8 Å². The molecule has 2 fully saturated rings. The van der Waals surface area contributed by atoms with Gasteiger partial charge in [-0.2, -0.15) is 67.5 Å². The number of hydrogen-bond acceptors (Lipinski definition) is 9. The van der Waals surface area contributed by atoms with Crippen LogP contribution >= 0.6 is 67.5 Å². The zero-order valence-electron chi connectivity index (χ0n) is 33.6. The highest BCUT2D eigenvalue weighted by Crippen LogP contribution is 2.33. The fourth-order valence-electron chi connectivity index (χ4n) is 6.89. The monoisotopic (exact) mass is 900 g/mol. The van der Waals surface area contributed by atoms with Gasteiger partial charge in [-0.05, 0) is 72.8 Å². The maximum atomic E-state index is 13.5. The minimum Gasteiger partial charge on any atom is -0.459 e. The number of H-pyrrole nitrogens is 1. The summed E-state index contributed by atoms with van der Waals surface area (Å²) in [5.74, 6) is -0.606. The summed E-state index contributed by atoms with van der Waals surface area (Å²) in [5, 5.41) is 8.23. The number of aromatic amines is 1. The van der Waals surface area contributed by atoms with E-state index in [0.29, 0.717) is 30.8 Å². The largest absolute Gasteiger partial charge is 0.459 e. The van der Waals surface area contributed by atoms with E-state index in [4.69, 9.17) is 9.47 Å². The number of imidazole rings is 1. The Morgan fingerprint density at radius 1 is 0.724 bits per heavy atom. The number of aromatic nitrogens is 2. The van der Waals surface area contributed by atoms with Crippen molar-refractivity contribution in [1.29, 1.82) is 0 Å². The fraction of sp³-hybridized carbons (Fsp3) is 0.487. The van der Waals surface area contributed by atoms with Gasteiger partial charge in [0.05, 0.1) is 38.2 Å². The first-order valence-corrected chi connectivity index (χ1v) is 18.2. The summed E-state index contributed by atoms with van der Waals surface area (Å²) in [6.45, 7) is 7.95. The lowest BCUT2D eigenvalue weighted by molar-refractivity contribution is -0.153. The predicted molar refractivity (Wildman–Crippen MR) is 248 cm³/mol. The molecule has 2 aromatic carbocycles. The number of alkyl carbamates (subject to hydrolysis) is 2. The SMILES string of the molecule is COC(=O)N[C@H](C(=O)O[C@H]1CCC[C@@H]1NC(=O)c1ccc(-c2ccc(-c3cnc([C@@H]4CCCN4C(=O)[C@@H](NC(=O)OC)C(C)C)[nH]3)cc2)cc1)C(C)C.S.S.S.S.S. The molecule has 0 spiro atoms. The maximum Gasteiger partial charge on any atom is 0.407 e. The van der Waals surface area contributed by atoms with E-state index >= 15 is 0 Å². The Morgan fingerprint density at radius 3 is 1.81 bits per heavy atom. The summed E-state index contributed by atoms with van der Waals surface area (Å²) in [6, 6.07) is 13.2. The molecule has 1 aliphatic heterocycles. The molecule has 0 unspecified atom stereocenters. The number of nitrogens with zero attached hydrogens (tertiary/aromatic N) is 2. The Morgan fingerprint density at radius 2 is 1.26 bits per heavy atom. The molecule has 3 aromatic rings. The minimum absolute atomic E-state index is 0. The average Bonchev–Trinajstić information content (AvgIpc) is 3.94. The second-order valence-corrected chi connectivity index (χ2v) is 14.2. The number of carbonyl (C=O) groups is 5. The number of carbonyl (C=O) groups excluding carboxylic acids is 5. The first kappa shape index (κ1) is 54.3. The lowest BCUT2D eigenvalue weighted by Gasteiger charge is -2.30. The van der Waals surface area contributed by atoms with Crippen molar-refractivity contribution in [3.63, 3.8) is 0 Å². The van der Waals surface area contributed by atoms with Crippen LogP contribution in [0.3, 0.4) is 0 Å². The van der Waals surface area contributed by atoms with E-state index in [1.807, 2.05) is 50.2 Å². The van der Waals surface area contributed by atoms with Crippen LogP contribution in [0.25, 0.3) is 22.4 Å². The quantitative estimate of drug-likeness (QED) is 0.127. The maximum absolute atomic E-state index is 13.5. The van der Waals surface area contributed by atoms with Crippen molar-refractivity contribution in [3.05, 3.63) is 66.1 Å². The molecule has 19 heteroatoms. The van der Waals surface area contributed by atoms with Crippen molar-refractivity contribution in [3.8, 4) is 22.4 Å². The summed E-state index contributed by atoms with van der Waals surface area (Å²) in [5.41, 5.74) is 4.14. The van der Waals surface area contributed by atoms with Crippen LogP contribution in [0.4, 0.5) is 9.59 Å². The molecule has 2 heterocycles. The molecule has 5 rings (SSSR count). The van der Waals surface area contributed by atoms with Crippen LogP contribution in [0.2, 0.25) is 0 Å². The standard InChI is InChI=1S/C39H50N6O8.5H2S/c1-22(2)32(43-38(49)51-5)36(47)45-20-8-10-30(45)34-40-21-29(41-34)26-16-12-24(13-17-26)25-14-18-27(19-15-25)35(46)42-28-9-7-11-31(28)53-37(48)33(23(3)4)44-39(50)52-6;;;;;/h12-19,21-23,28,30-33H,7-11,20H2,1-6H3,(H,40,41)(H,42,46)(H,43,49)(H,44,50);5*1H2/t28-,30-,31-,32-,33-;;;;;/m0...../s1. The van der Waals surface area contributed by atoms with Gasteiger partial charge in [-0.1, -0.05) is 64.1 Å². The van der Waals surface area contributed by atoms with Crippen LogP contribution in [0.5, 0.6) is 0 Å². The number of likely N-dealkylation sites (tertiary alicyclic amines) is 1. The molecule has 324 valence electrons. The third-order valence-corrected chi connectivity index (χ3v) is 9.93. The molecule has 0 radical (unpaired) electrons. The van der Waals surface area contributed by atoms with Gasteiger partial charge in [0.2, 0.25) is 5.91 Å². The van der Waals surface area contributed by atoms with Crippen molar-refractivity contribution < 1.29 is 38.2 Å². The smallest absolute Gasteiger partial charge is 0.407 e. The molecule has 5 atom stereocenters. The van der Waals surface area contributed by atoms with E-state index in [1.165, 1.54) is 14.2 Å². The van der Waals surface area contributed by atoms with E-state index in [9.17, 15) is 24.0 Å². The number of esters is 1. The molecule has 14 nitrogen and oxygen atoms in total. The molecule has 1 aliphatic carbocycles. The normalized spacial score (nSPS) is 17.7. The van der Waals surface area contributed by atoms with E-state index in [0.717, 1.165) is 41.6 Å². The van der Waals surface area contributed by atoms with Gasteiger partial charge in [-0.15, -0.1) is 0 Å². The Labute approximate surface area is 375 Å². The third kappa shape index (κ3) is 13.4. The van der Waals surface area contributed by atoms with E-state index in [1.54, 1.807) is 37.1 Å². The highest BCUT2D eigenvalue weighted by atomic mass is 32.1. The summed E-state index contributed by atoms with van der Waals surface area (Å²) >= 11 is 0. The number of benzene rings is 2. The number of ether oxygens (including phenoxy) is 3. The first-order chi connectivity index (χ1) is 25.4. The number of nitrogens with one attached hydrogen (secondary N) is 4. The molecule has 4 amide bonds. The highest BCUT2D eigenvalue weighted by Gasteiger charge is 2.38. The first-order valence-electron chi connectivity index (χ1n) is 18.2. The average molecular weight is 901 g/mol. The molecule has 1 aromatic heterocycles. The van der Waals surface area contributed by atoms with Gasteiger partial charge in [0.1, 0.15) is 24.0 Å². The van der Waals surface area contributed by atoms with Crippen LogP contribution in [-0.2, 0) is 23.8 Å². The zero-order valence-corrected chi connectivity index (χ0v) is 38.6. The molecular weight excluding hydrogens is 841 g/mol. The Kier molecular flexibility index (Phi) is 23.5. The summed E-state index contributed by atoms with van der Waals surface area (Å²) in [6.07, 6.45) is 3.60. The number of hydrogen-bond donors (Lipinski definition) is 4. The minimum atomic E-state index is -0.861. The van der Waals surface area contributed by atoms with Gasteiger partial charge < -0.3 is 40.0 Å². The van der Waals surface area contributed by atoms with E-state index in [-0.39, 0.29) is 103 Å². The van der Waals surface area contributed by atoms with Crippen molar-refractivity contribution in [1.82, 2.24) is 30.8 Å². The second-order valence-electron chi connectivity index (χ2n) is 14.2. The summed E-state index contributed by atoms with van der Waals surface area (Å²) in [4.78, 5) is 73.0. The molecular formula is C39H60N6O8S5. The molecule has 1 saturated carbocycles. The highest BCUT2D eigenvalue weighted by molar-refractivity contribution is 7.60. The lowest BCUT2D eigenvalue weighted by atomic mass is 10.0. The third-order valence-electron chi connectivity index (χ3n) is 9.93. The molecule has 2 aliphatic rings. The van der Waals surface area contributed by atoms with Gasteiger partial charge in [0.15, 0.2) is 0 Å². The van der Waals surface area contributed by atoms with Gasteiger partial charge in [0, 0.05) is 12.1 Å². The fourth-order valence-corrected chi connectivity index (χ4v) is 6.89. The van der Waals surface area contributed by atoms with Gasteiger partial charge >= 0.3 is 18.2 Å². The van der Waals surface area contributed by atoms with Crippen LogP contribution in [-0.4, -0.2) is 89.8 Å². The van der Waals surface area contributed by atoms with Crippen molar-refractivity contribution in [2.45, 2.75) is 90.1 Å². The summed E-state index contributed by atoms with van der Waals surface area (Å²) in [7, 11) is 2.51. The van der Waals surface area contributed by atoms with Crippen molar-refractivity contribution >= 4 is 97.4 Å². The van der Waals surface area contributed by atoms with Gasteiger partial charge in [-0.3, -0.25) is 9.59 Å². The predicted octanol–water partition coefficient (Wildman–Crippen LogP) is 5.93. The van der Waals surface area contributed by atoms with E-state index in [2.05, 4.69) is 30.7 Å². The van der Waals surface area contributed by atoms with Crippen LogP contribution in [0.1, 0.15) is 82.0 Å². The Bertz CT molecular complexity index is 1780. The molecule has 58 heavy (non-hydrogen) atoms. The lowest BCUT2D eigenvalue weighted by Crippen LogP contribution is -2.51. The van der Waals surface area contributed by atoms with Gasteiger partial charge in [-0.25, -0.2) is 19.4 Å². The molecule has 4 N–H and O–H groups in total. The Hall–Kier alpha value is -3.65.